The highest BCUT2D eigenvalue weighted by Gasteiger charge is 2.29. The molecule has 6 nitrogen and oxygen atoms in total. The Morgan fingerprint density at radius 2 is 2.15 bits per heavy atom. The van der Waals surface area contributed by atoms with Crippen LogP contribution in [0, 0.1) is 12.7 Å². The van der Waals surface area contributed by atoms with E-state index >= 15 is 0 Å². The van der Waals surface area contributed by atoms with Crippen molar-refractivity contribution in [2.75, 3.05) is 6.54 Å². The van der Waals surface area contributed by atoms with Crippen LogP contribution in [0.25, 0.3) is 11.6 Å². The highest BCUT2D eigenvalue weighted by atomic mass is 19.1. The molecule has 3 heterocycles. The number of carbonyl (C=O) groups is 1. The van der Waals surface area contributed by atoms with Gasteiger partial charge in [-0.2, -0.15) is 5.10 Å². The Morgan fingerprint density at radius 3 is 2.85 bits per heavy atom. The first-order chi connectivity index (χ1) is 13.1. The predicted octanol–water partition coefficient (Wildman–Crippen LogP) is 3.13. The summed E-state index contributed by atoms with van der Waals surface area (Å²) in [4.78, 5) is 18.8. The summed E-state index contributed by atoms with van der Waals surface area (Å²) in [5.74, 6) is 0.746. The molecule has 0 radical (unpaired) electrons. The number of hydrogen-bond acceptors (Lipinski definition) is 4. The SMILES string of the molecule is CCn1nc(-c2ncc(C)o2)c2c1CCN(C(=O)Cc1ccccc1F)C2. The van der Waals surface area contributed by atoms with E-state index in [1.54, 1.807) is 29.3 Å². The molecule has 27 heavy (non-hydrogen) atoms. The topological polar surface area (TPSA) is 64.2 Å². The highest BCUT2D eigenvalue weighted by molar-refractivity contribution is 5.79. The van der Waals surface area contributed by atoms with Gasteiger partial charge in [-0.15, -0.1) is 0 Å². The molecule has 0 atom stereocenters. The number of aromatic nitrogens is 3. The van der Waals surface area contributed by atoms with E-state index in [4.69, 9.17) is 4.42 Å². The minimum Gasteiger partial charge on any atom is -0.440 e. The van der Waals surface area contributed by atoms with Crippen LogP contribution in [0.2, 0.25) is 0 Å². The quantitative estimate of drug-likeness (QED) is 0.710. The molecule has 0 bridgehead atoms. The Morgan fingerprint density at radius 1 is 1.33 bits per heavy atom. The standard InChI is InChI=1S/C20H21FN4O2/c1-3-25-17-8-9-24(18(26)10-14-6-4-5-7-16(14)21)12-15(17)19(23-25)20-22-11-13(2)27-20/h4-7,11H,3,8-10,12H2,1-2H3. The van der Waals surface area contributed by atoms with Gasteiger partial charge in [0, 0.05) is 37.3 Å². The molecule has 1 aromatic carbocycles. The number of halogens is 1. The average molecular weight is 368 g/mol. The third kappa shape index (κ3) is 3.25. The molecule has 0 unspecified atom stereocenters. The Hall–Kier alpha value is -2.96. The van der Waals surface area contributed by atoms with Crippen molar-refractivity contribution in [1.29, 1.82) is 0 Å². The number of aryl methyl sites for hydroxylation is 2. The molecule has 0 aliphatic carbocycles. The van der Waals surface area contributed by atoms with Gasteiger partial charge >= 0.3 is 0 Å². The summed E-state index contributed by atoms with van der Waals surface area (Å²) in [6, 6.07) is 6.40. The second kappa shape index (κ2) is 6.98. The normalized spacial score (nSPS) is 13.7. The maximum absolute atomic E-state index is 13.9. The van der Waals surface area contributed by atoms with E-state index in [1.807, 2.05) is 18.5 Å². The molecule has 0 fully saturated rings. The first kappa shape index (κ1) is 17.5. The zero-order valence-electron chi connectivity index (χ0n) is 15.4. The van der Waals surface area contributed by atoms with E-state index in [9.17, 15) is 9.18 Å². The van der Waals surface area contributed by atoms with E-state index in [-0.39, 0.29) is 18.1 Å². The van der Waals surface area contributed by atoms with Crippen LogP contribution < -0.4 is 0 Å². The van der Waals surface area contributed by atoms with E-state index in [2.05, 4.69) is 10.1 Å². The number of fused-ring (bicyclic) bond motifs is 1. The molecule has 7 heteroatoms. The van der Waals surface area contributed by atoms with Crippen LogP contribution in [0.1, 0.15) is 29.5 Å². The number of rotatable bonds is 4. The van der Waals surface area contributed by atoms with Crippen LogP contribution in [0.15, 0.2) is 34.9 Å². The van der Waals surface area contributed by atoms with Crippen molar-refractivity contribution >= 4 is 5.91 Å². The summed E-state index contributed by atoms with van der Waals surface area (Å²) in [6.07, 6.45) is 2.42. The van der Waals surface area contributed by atoms with Crippen LogP contribution >= 0.6 is 0 Å². The Kier molecular flexibility index (Phi) is 4.51. The molecular weight excluding hydrogens is 347 g/mol. The lowest BCUT2D eigenvalue weighted by Crippen LogP contribution is -2.37. The van der Waals surface area contributed by atoms with Crippen LogP contribution in [0.4, 0.5) is 4.39 Å². The minimum absolute atomic E-state index is 0.0529. The summed E-state index contributed by atoms with van der Waals surface area (Å²) in [5.41, 5.74) is 3.18. The Bertz CT molecular complexity index is 992. The summed E-state index contributed by atoms with van der Waals surface area (Å²) >= 11 is 0. The van der Waals surface area contributed by atoms with Gasteiger partial charge in [0.1, 0.15) is 11.6 Å². The van der Waals surface area contributed by atoms with Gasteiger partial charge in [0.15, 0.2) is 5.69 Å². The van der Waals surface area contributed by atoms with Crippen molar-refractivity contribution in [1.82, 2.24) is 19.7 Å². The maximum atomic E-state index is 13.9. The predicted molar refractivity (Wildman–Crippen MR) is 97.4 cm³/mol. The first-order valence-corrected chi connectivity index (χ1v) is 9.09. The third-order valence-corrected chi connectivity index (χ3v) is 4.91. The largest absolute Gasteiger partial charge is 0.440 e. The van der Waals surface area contributed by atoms with Crippen LogP contribution in [0.3, 0.4) is 0 Å². The van der Waals surface area contributed by atoms with Gasteiger partial charge < -0.3 is 9.32 Å². The third-order valence-electron chi connectivity index (χ3n) is 4.91. The number of amides is 1. The van der Waals surface area contributed by atoms with Crippen LogP contribution in [-0.4, -0.2) is 32.1 Å². The zero-order valence-corrected chi connectivity index (χ0v) is 15.4. The molecule has 140 valence electrons. The smallest absolute Gasteiger partial charge is 0.247 e. The number of carbonyl (C=O) groups excluding carboxylic acids is 1. The molecule has 4 rings (SSSR count). The van der Waals surface area contributed by atoms with Gasteiger partial charge in [-0.05, 0) is 25.5 Å². The fourth-order valence-corrected chi connectivity index (χ4v) is 3.52. The zero-order chi connectivity index (χ0) is 19.0. The molecule has 1 aliphatic rings. The molecular formula is C20H21FN4O2. The fourth-order valence-electron chi connectivity index (χ4n) is 3.52. The summed E-state index contributed by atoms with van der Waals surface area (Å²) in [5, 5.41) is 4.65. The summed E-state index contributed by atoms with van der Waals surface area (Å²) < 4.78 is 21.5. The molecule has 2 aromatic heterocycles. The first-order valence-electron chi connectivity index (χ1n) is 9.09. The highest BCUT2D eigenvalue weighted by Crippen LogP contribution is 2.30. The van der Waals surface area contributed by atoms with Crippen molar-refractivity contribution in [3.63, 3.8) is 0 Å². The molecule has 1 amide bonds. The summed E-state index contributed by atoms with van der Waals surface area (Å²) in [7, 11) is 0. The van der Waals surface area contributed by atoms with E-state index in [0.717, 1.165) is 17.8 Å². The molecule has 0 N–H and O–H groups in total. The lowest BCUT2D eigenvalue weighted by atomic mass is 10.0. The molecule has 0 saturated heterocycles. The van der Waals surface area contributed by atoms with Gasteiger partial charge in [0.2, 0.25) is 11.8 Å². The van der Waals surface area contributed by atoms with E-state index < -0.39 is 0 Å². The van der Waals surface area contributed by atoms with Crippen molar-refractivity contribution in [2.45, 2.75) is 39.8 Å². The number of oxazole rings is 1. The lowest BCUT2D eigenvalue weighted by molar-refractivity contribution is -0.131. The van der Waals surface area contributed by atoms with Gasteiger partial charge in [0.05, 0.1) is 12.6 Å². The molecule has 1 aliphatic heterocycles. The molecule has 0 saturated carbocycles. The fraction of sp³-hybridized carbons (Fsp3) is 0.350. The van der Waals surface area contributed by atoms with Gasteiger partial charge in [-0.3, -0.25) is 9.48 Å². The minimum atomic E-state index is -0.349. The van der Waals surface area contributed by atoms with Crippen LogP contribution in [-0.2, 0) is 30.7 Å². The Balaban J connectivity index is 1.61. The monoisotopic (exact) mass is 368 g/mol. The lowest BCUT2D eigenvalue weighted by Gasteiger charge is -2.28. The second-order valence-electron chi connectivity index (χ2n) is 6.70. The van der Waals surface area contributed by atoms with Crippen LogP contribution in [0.5, 0.6) is 0 Å². The summed E-state index contributed by atoms with van der Waals surface area (Å²) in [6.45, 7) is 5.64. The van der Waals surface area contributed by atoms with Gasteiger partial charge in [-0.25, -0.2) is 9.37 Å². The van der Waals surface area contributed by atoms with Gasteiger partial charge in [0.25, 0.3) is 0 Å². The number of benzene rings is 1. The van der Waals surface area contributed by atoms with Crippen molar-refractivity contribution in [2.24, 2.45) is 0 Å². The van der Waals surface area contributed by atoms with Gasteiger partial charge in [-0.1, -0.05) is 18.2 Å². The van der Waals surface area contributed by atoms with E-state index in [0.29, 0.717) is 42.4 Å². The van der Waals surface area contributed by atoms with Crippen molar-refractivity contribution < 1.29 is 13.6 Å². The number of hydrogen-bond donors (Lipinski definition) is 0. The average Bonchev–Trinajstić information content (AvgIpc) is 3.26. The van der Waals surface area contributed by atoms with E-state index in [1.165, 1.54) is 6.07 Å². The van der Waals surface area contributed by atoms with Crippen molar-refractivity contribution in [3.05, 3.63) is 58.9 Å². The Labute approximate surface area is 156 Å². The maximum Gasteiger partial charge on any atom is 0.247 e. The second-order valence-corrected chi connectivity index (χ2v) is 6.70. The molecule has 0 spiro atoms. The van der Waals surface area contributed by atoms with Crippen molar-refractivity contribution in [3.8, 4) is 11.6 Å². The number of nitrogens with zero attached hydrogens (tertiary/aromatic N) is 4. The molecule has 3 aromatic rings.